The number of hydrogen-bond donors (Lipinski definition) is 1. The van der Waals surface area contributed by atoms with E-state index in [-0.39, 0.29) is 12.3 Å². The van der Waals surface area contributed by atoms with Crippen molar-refractivity contribution in [3.8, 4) is 6.07 Å². The number of esters is 1. The minimum Gasteiger partial charge on any atom is -0.456 e. The molecule has 0 radical (unpaired) electrons. The molecule has 2 rings (SSSR count). The smallest absolute Gasteiger partial charge is 0.350 e. The molecular formula is C12H9N3O2S. The second-order valence-electron chi connectivity index (χ2n) is 3.40. The van der Waals surface area contributed by atoms with Gasteiger partial charge in [0.2, 0.25) is 0 Å². The Morgan fingerprint density at radius 3 is 3.06 bits per heavy atom. The van der Waals surface area contributed by atoms with Gasteiger partial charge in [-0.1, -0.05) is 6.07 Å². The van der Waals surface area contributed by atoms with Gasteiger partial charge >= 0.3 is 5.97 Å². The highest BCUT2D eigenvalue weighted by Crippen LogP contribution is 2.20. The van der Waals surface area contributed by atoms with E-state index < -0.39 is 5.97 Å². The number of nitriles is 1. The van der Waals surface area contributed by atoms with E-state index in [9.17, 15) is 4.79 Å². The van der Waals surface area contributed by atoms with Gasteiger partial charge in [0.05, 0.1) is 5.69 Å². The molecule has 0 atom stereocenters. The molecule has 5 nitrogen and oxygen atoms in total. The Morgan fingerprint density at radius 2 is 2.39 bits per heavy atom. The molecule has 2 aromatic rings. The number of thiophene rings is 1. The minimum atomic E-state index is -0.491. The largest absolute Gasteiger partial charge is 0.456 e. The van der Waals surface area contributed by atoms with Crippen LogP contribution in [0.5, 0.6) is 0 Å². The van der Waals surface area contributed by atoms with Crippen molar-refractivity contribution < 1.29 is 9.53 Å². The number of nitrogen functional groups attached to an aromatic ring is 1. The highest BCUT2D eigenvalue weighted by atomic mass is 32.1. The summed E-state index contributed by atoms with van der Waals surface area (Å²) in [7, 11) is 0. The average molecular weight is 259 g/mol. The molecule has 0 aromatic carbocycles. The molecule has 2 aromatic heterocycles. The van der Waals surface area contributed by atoms with Crippen LogP contribution in [-0.2, 0) is 11.3 Å². The van der Waals surface area contributed by atoms with Crippen LogP contribution in [0.4, 0.5) is 5.69 Å². The van der Waals surface area contributed by atoms with Gasteiger partial charge in [-0.25, -0.2) is 9.78 Å². The SMILES string of the molecule is N#Cc1ncccc1COC(=O)c1sccc1N. The van der Waals surface area contributed by atoms with Crippen molar-refractivity contribution in [3.63, 3.8) is 0 Å². The van der Waals surface area contributed by atoms with Crippen LogP contribution in [0.3, 0.4) is 0 Å². The van der Waals surface area contributed by atoms with Gasteiger partial charge in [-0.05, 0) is 17.5 Å². The quantitative estimate of drug-likeness (QED) is 0.851. The predicted molar refractivity (Wildman–Crippen MR) is 66.8 cm³/mol. The number of nitrogens with two attached hydrogens (primary N) is 1. The molecule has 0 aliphatic heterocycles. The van der Waals surface area contributed by atoms with Gasteiger partial charge in [-0.15, -0.1) is 11.3 Å². The number of carbonyl (C=O) groups excluding carboxylic acids is 1. The summed E-state index contributed by atoms with van der Waals surface area (Å²) < 4.78 is 5.10. The molecule has 0 unspecified atom stereocenters. The normalized spacial score (nSPS) is 9.72. The molecule has 90 valence electrons. The topological polar surface area (TPSA) is 89.0 Å². The van der Waals surface area contributed by atoms with Gasteiger partial charge in [0.1, 0.15) is 23.2 Å². The summed E-state index contributed by atoms with van der Waals surface area (Å²) in [5.41, 5.74) is 6.84. The Labute approximate surface area is 107 Å². The summed E-state index contributed by atoms with van der Waals surface area (Å²) in [5, 5.41) is 10.6. The van der Waals surface area contributed by atoms with Crippen LogP contribution >= 0.6 is 11.3 Å². The van der Waals surface area contributed by atoms with Gasteiger partial charge in [-0.2, -0.15) is 5.26 Å². The van der Waals surface area contributed by atoms with Gasteiger partial charge < -0.3 is 10.5 Å². The second-order valence-corrected chi connectivity index (χ2v) is 4.32. The molecule has 0 aliphatic carbocycles. The summed E-state index contributed by atoms with van der Waals surface area (Å²) in [6.07, 6.45) is 1.52. The van der Waals surface area contributed by atoms with Gasteiger partial charge in [0.15, 0.2) is 0 Å². The van der Waals surface area contributed by atoms with Crippen molar-refractivity contribution in [1.29, 1.82) is 5.26 Å². The van der Waals surface area contributed by atoms with E-state index in [2.05, 4.69) is 4.98 Å². The summed E-state index contributed by atoms with van der Waals surface area (Å²) in [6.45, 7) is 0.00685. The number of anilines is 1. The summed E-state index contributed by atoms with van der Waals surface area (Å²) in [5.74, 6) is -0.491. The lowest BCUT2D eigenvalue weighted by atomic mass is 10.2. The average Bonchev–Trinajstić information content (AvgIpc) is 2.82. The molecule has 2 heterocycles. The highest BCUT2D eigenvalue weighted by molar-refractivity contribution is 7.12. The molecular weight excluding hydrogens is 250 g/mol. The van der Waals surface area contributed by atoms with Crippen molar-refractivity contribution in [3.05, 3.63) is 45.9 Å². The first kappa shape index (κ1) is 12.1. The molecule has 0 spiro atoms. The first-order chi connectivity index (χ1) is 8.72. The van der Waals surface area contributed by atoms with Crippen LogP contribution in [0, 0.1) is 11.3 Å². The van der Waals surface area contributed by atoms with Crippen LogP contribution in [0.2, 0.25) is 0 Å². The molecule has 6 heteroatoms. The van der Waals surface area contributed by atoms with Crippen molar-refractivity contribution >= 4 is 23.0 Å². The zero-order valence-electron chi connectivity index (χ0n) is 9.29. The molecule has 0 saturated carbocycles. The lowest BCUT2D eigenvalue weighted by Gasteiger charge is -2.05. The fourth-order valence-electron chi connectivity index (χ4n) is 1.35. The van der Waals surface area contributed by atoms with E-state index >= 15 is 0 Å². The Bertz CT molecular complexity index is 616. The van der Waals surface area contributed by atoms with E-state index in [4.69, 9.17) is 15.7 Å². The number of ether oxygens (including phenoxy) is 1. The maximum absolute atomic E-state index is 11.7. The number of carbonyl (C=O) groups is 1. The number of pyridine rings is 1. The van der Waals surface area contributed by atoms with E-state index in [0.29, 0.717) is 16.1 Å². The number of nitrogens with zero attached hydrogens (tertiary/aromatic N) is 2. The minimum absolute atomic E-state index is 0.00685. The molecule has 18 heavy (non-hydrogen) atoms. The predicted octanol–water partition coefficient (Wildman–Crippen LogP) is 1.95. The van der Waals surface area contributed by atoms with Gasteiger partial charge in [0, 0.05) is 11.8 Å². The number of rotatable bonds is 3. The molecule has 0 saturated heterocycles. The first-order valence-electron chi connectivity index (χ1n) is 5.06. The zero-order valence-corrected chi connectivity index (χ0v) is 10.1. The third-order valence-corrected chi connectivity index (χ3v) is 3.15. The number of hydrogen-bond acceptors (Lipinski definition) is 6. The van der Waals surface area contributed by atoms with Crippen molar-refractivity contribution in [1.82, 2.24) is 4.98 Å². The summed E-state index contributed by atoms with van der Waals surface area (Å²) in [6, 6.07) is 6.96. The van der Waals surface area contributed by atoms with Crippen LogP contribution in [0.25, 0.3) is 0 Å². The van der Waals surface area contributed by atoms with E-state index in [1.807, 2.05) is 6.07 Å². The summed E-state index contributed by atoms with van der Waals surface area (Å²) in [4.78, 5) is 16.0. The Balaban J connectivity index is 2.07. The van der Waals surface area contributed by atoms with Crippen molar-refractivity contribution in [2.24, 2.45) is 0 Å². The van der Waals surface area contributed by atoms with E-state index in [0.717, 1.165) is 0 Å². The lowest BCUT2D eigenvalue weighted by Crippen LogP contribution is -2.06. The van der Waals surface area contributed by atoms with Crippen LogP contribution < -0.4 is 5.73 Å². The Hall–Kier alpha value is -2.39. The van der Waals surface area contributed by atoms with Gasteiger partial charge in [0.25, 0.3) is 0 Å². The Kier molecular flexibility index (Phi) is 3.55. The lowest BCUT2D eigenvalue weighted by molar-refractivity contribution is 0.0479. The number of aromatic nitrogens is 1. The maximum atomic E-state index is 11.7. The van der Waals surface area contributed by atoms with E-state index in [1.54, 1.807) is 23.6 Å². The third kappa shape index (κ3) is 2.47. The van der Waals surface area contributed by atoms with Crippen molar-refractivity contribution in [2.75, 3.05) is 5.73 Å². The molecule has 0 amide bonds. The Morgan fingerprint density at radius 1 is 1.56 bits per heavy atom. The standard InChI is InChI=1S/C12H9N3O2S/c13-6-10-8(2-1-4-15-10)7-17-12(16)11-9(14)3-5-18-11/h1-5H,7,14H2. The van der Waals surface area contributed by atoms with Gasteiger partial charge in [-0.3, -0.25) is 0 Å². The summed E-state index contributed by atoms with van der Waals surface area (Å²) >= 11 is 1.22. The van der Waals surface area contributed by atoms with Crippen LogP contribution in [0.15, 0.2) is 29.8 Å². The van der Waals surface area contributed by atoms with E-state index in [1.165, 1.54) is 17.5 Å². The molecule has 0 fully saturated rings. The third-order valence-electron chi connectivity index (χ3n) is 2.24. The van der Waals surface area contributed by atoms with Crippen LogP contribution in [0.1, 0.15) is 20.9 Å². The van der Waals surface area contributed by atoms with Crippen molar-refractivity contribution in [2.45, 2.75) is 6.61 Å². The monoisotopic (exact) mass is 259 g/mol. The first-order valence-corrected chi connectivity index (χ1v) is 5.94. The second kappa shape index (κ2) is 5.29. The molecule has 0 bridgehead atoms. The molecule has 0 aliphatic rings. The fourth-order valence-corrected chi connectivity index (χ4v) is 2.06. The highest BCUT2D eigenvalue weighted by Gasteiger charge is 2.13. The zero-order chi connectivity index (χ0) is 13.0. The molecule has 2 N–H and O–H groups in total. The fraction of sp³-hybridized carbons (Fsp3) is 0.0833. The van der Waals surface area contributed by atoms with Crippen LogP contribution in [-0.4, -0.2) is 11.0 Å². The maximum Gasteiger partial charge on any atom is 0.350 e.